The Hall–Kier alpha value is -2.26. The van der Waals surface area contributed by atoms with Gasteiger partial charge in [-0.15, -0.1) is 6.42 Å². The minimum Gasteiger partial charge on any atom is -0.478 e. The third-order valence-corrected chi connectivity index (χ3v) is 4.06. The topological polar surface area (TPSA) is 71.8 Å². The van der Waals surface area contributed by atoms with Crippen molar-refractivity contribution in [2.24, 2.45) is 0 Å². The van der Waals surface area contributed by atoms with Crippen LogP contribution in [0.1, 0.15) is 39.4 Å². The Morgan fingerprint density at radius 3 is 2.95 bits per heavy atom. The van der Waals surface area contributed by atoms with Crippen LogP contribution in [0.25, 0.3) is 0 Å². The molecule has 110 valence electrons. The molecule has 1 aromatic heterocycles. The van der Waals surface area contributed by atoms with Crippen molar-refractivity contribution >= 4 is 11.9 Å². The van der Waals surface area contributed by atoms with Crippen LogP contribution in [-0.4, -0.2) is 45.6 Å². The van der Waals surface area contributed by atoms with Gasteiger partial charge >= 0.3 is 5.97 Å². The molecule has 21 heavy (non-hydrogen) atoms. The number of fused-ring (bicyclic) bond motifs is 1. The quantitative estimate of drug-likeness (QED) is 0.823. The Bertz CT molecular complexity index is 641. The van der Waals surface area contributed by atoms with Crippen molar-refractivity contribution in [2.45, 2.75) is 32.0 Å². The van der Waals surface area contributed by atoms with Crippen LogP contribution >= 0.6 is 0 Å². The van der Waals surface area contributed by atoms with E-state index in [-0.39, 0.29) is 24.1 Å². The van der Waals surface area contributed by atoms with Gasteiger partial charge in [0.05, 0.1) is 30.5 Å². The molecule has 0 aliphatic carbocycles. The third-order valence-electron chi connectivity index (χ3n) is 4.06. The van der Waals surface area contributed by atoms with E-state index in [1.54, 1.807) is 9.47 Å². The number of nitrogens with zero attached hydrogens (tertiary/aromatic N) is 2. The van der Waals surface area contributed by atoms with Gasteiger partial charge in [-0.05, 0) is 18.9 Å². The van der Waals surface area contributed by atoms with Crippen LogP contribution in [0, 0.1) is 12.3 Å². The third kappa shape index (κ3) is 2.20. The standard InChI is InChI=1S/C15H16N2O4/c1-2-10-4-3-5-16(10)14(18)12-8-11(15(19)20)13-9-21-7-6-17(12)13/h1,8,10H,3-7,9H2,(H,19,20). The van der Waals surface area contributed by atoms with Gasteiger partial charge in [0.2, 0.25) is 0 Å². The van der Waals surface area contributed by atoms with E-state index in [9.17, 15) is 14.7 Å². The largest absolute Gasteiger partial charge is 0.478 e. The Kier molecular flexibility index (Phi) is 3.43. The van der Waals surface area contributed by atoms with Gasteiger partial charge in [-0.1, -0.05) is 5.92 Å². The molecule has 6 heteroatoms. The number of hydrogen-bond donors (Lipinski definition) is 1. The number of carbonyl (C=O) groups is 2. The first kappa shape index (κ1) is 13.7. The molecule has 1 N–H and O–H groups in total. The van der Waals surface area contributed by atoms with Gasteiger partial charge in [-0.2, -0.15) is 0 Å². The predicted molar refractivity (Wildman–Crippen MR) is 73.9 cm³/mol. The first-order chi connectivity index (χ1) is 10.1. The second kappa shape index (κ2) is 5.26. The number of rotatable bonds is 2. The fourth-order valence-electron chi connectivity index (χ4n) is 3.02. The van der Waals surface area contributed by atoms with Gasteiger partial charge in [-0.25, -0.2) is 4.79 Å². The highest BCUT2D eigenvalue weighted by atomic mass is 16.5. The summed E-state index contributed by atoms with van der Waals surface area (Å²) in [7, 11) is 0. The lowest BCUT2D eigenvalue weighted by atomic mass is 10.2. The van der Waals surface area contributed by atoms with Crippen LogP contribution in [0.5, 0.6) is 0 Å². The minimum absolute atomic E-state index is 0.134. The number of amides is 1. The molecule has 0 radical (unpaired) electrons. The van der Waals surface area contributed by atoms with Crippen molar-refractivity contribution in [1.29, 1.82) is 0 Å². The summed E-state index contributed by atoms with van der Waals surface area (Å²) in [5, 5.41) is 9.27. The molecule has 1 unspecified atom stereocenters. The van der Waals surface area contributed by atoms with Crippen LogP contribution in [0.2, 0.25) is 0 Å². The number of terminal acetylenes is 1. The Labute approximate surface area is 122 Å². The number of aromatic nitrogens is 1. The summed E-state index contributed by atoms with van der Waals surface area (Å²) in [5.41, 5.74) is 1.08. The number of ether oxygens (including phenoxy) is 1. The molecule has 0 aromatic carbocycles. The molecule has 1 fully saturated rings. The molecule has 0 saturated carbocycles. The van der Waals surface area contributed by atoms with Crippen molar-refractivity contribution in [3.63, 3.8) is 0 Å². The predicted octanol–water partition coefficient (Wildman–Crippen LogP) is 0.954. The summed E-state index contributed by atoms with van der Waals surface area (Å²) in [6, 6.07) is 1.25. The Balaban J connectivity index is 2.00. The van der Waals surface area contributed by atoms with E-state index in [0.29, 0.717) is 31.1 Å². The maximum atomic E-state index is 12.7. The first-order valence-electron chi connectivity index (χ1n) is 6.94. The highest BCUT2D eigenvalue weighted by Crippen LogP contribution is 2.25. The number of likely N-dealkylation sites (tertiary alicyclic amines) is 1. The van der Waals surface area contributed by atoms with Crippen molar-refractivity contribution in [1.82, 2.24) is 9.47 Å². The van der Waals surface area contributed by atoms with E-state index in [4.69, 9.17) is 11.2 Å². The number of aromatic carboxylic acids is 1. The maximum absolute atomic E-state index is 12.7. The molecule has 6 nitrogen and oxygen atoms in total. The average Bonchev–Trinajstić information content (AvgIpc) is 3.11. The fourth-order valence-corrected chi connectivity index (χ4v) is 3.02. The highest BCUT2D eigenvalue weighted by molar-refractivity contribution is 5.98. The maximum Gasteiger partial charge on any atom is 0.337 e. The van der Waals surface area contributed by atoms with Crippen LogP contribution in [0.15, 0.2) is 6.07 Å². The molecule has 1 amide bonds. The lowest BCUT2D eigenvalue weighted by Crippen LogP contribution is -2.36. The molecule has 1 atom stereocenters. The highest BCUT2D eigenvalue weighted by Gasteiger charge is 2.32. The van der Waals surface area contributed by atoms with E-state index in [2.05, 4.69) is 5.92 Å². The van der Waals surface area contributed by atoms with Gasteiger partial charge in [0.1, 0.15) is 5.69 Å². The molecule has 1 saturated heterocycles. The summed E-state index contributed by atoms with van der Waals surface area (Å²) in [6.45, 7) is 1.79. The van der Waals surface area contributed by atoms with Crippen molar-refractivity contribution in [2.75, 3.05) is 13.2 Å². The lowest BCUT2D eigenvalue weighted by Gasteiger charge is -2.23. The molecule has 2 aliphatic rings. The summed E-state index contributed by atoms with van der Waals surface area (Å²) in [6.07, 6.45) is 7.14. The fraction of sp³-hybridized carbons (Fsp3) is 0.467. The van der Waals surface area contributed by atoms with Crippen LogP contribution in [-0.2, 0) is 17.9 Å². The van der Waals surface area contributed by atoms with E-state index < -0.39 is 5.97 Å². The molecule has 3 heterocycles. The van der Waals surface area contributed by atoms with Crippen LogP contribution < -0.4 is 0 Å². The summed E-state index contributed by atoms with van der Waals surface area (Å²) < 4.78 is 7.06. The minimum atomic E-state index is -1.04. The summed E-state index contributed by atoms with van der Waals surface area (Å²) in [4.78, 5) is 25.7. The second-order valence-electron chi connectivity index (χ2n) is 5.22. The molecule has 2 aliphatic heterocycles. The number of hydrogen-bond acceptors (Lipinski definition) is 3. The van der Waals surface area contributed by atoms with Crippen molar-refractivity contribution < 1.29 is 19.4 Å². The van der Waals surface area contributed by atoms with Crippen molar-refractivity contribution in [3.8, 4) is 12.3 Å². The zero-order valence-corrected chi connectivity index (χ0v) is 11.5. The molecule has 3 rings (SSSR count). The van der Waals surface area contributed by atoms with E-state index >= 15 is 0 Å². The molecule has 0 spiro atoms. The van der Waals surface area contributed by atoms with Crippen LogP contribution in [0.3, 0.4) is 0 Å². The van der Waals surface area contributed by atoms with Gasteiger partial charge in [0, 0.05) is 13.1 Å². The number of carboxylic acids is 1. The zero-order chi connectivity index (χ0) is 15.0. The lowest BCUT2D eigenvalue weighted by molar-refractivity contribution is 0.0644. The Morgan fingerprint density at radius 1 is 1.43 bits per heavy atom. The monoisotopic (exact) mass is 288 g/mol. The smallest absolute Gasteiger partial charge is 0.337 e. The van der Waals surface area contributed by atoms with E-state index in [1.165, 1.54) is 6.07 Å². The number of carboxylic acid groups (broad SMARTS) is 1. The zero-order valence-electron chi connectivity index (χ0n) is 11.5. The Morgan fingerprint density at radius 2 is 2.24 bits per heavy atom. The molecular formula is C15H16N2O4. The normalized spacial score (nSPS) is 20.9. The first-order valence-corrected chi connectivity index (χ1v) is 6.94. The van der Waals surface area contributed by atoms with Gasteiger partial charge in [0.25, 0.3) is 5.91 Å². The summed E-state index contributed by atoms with van der Waals surface area (Å²) >= 11 is 0. The molecular weight excluding hydrogens is 272 g/mol. The molecule has 0 bridgehead atoms. The average molecular weight is 288 g/mol. The van der Waals surface area contributed by atoms with Crippen LogP contribution in [0.4, 0.5) is 0 Å². The number of carbonyl (C=O) groups excluding carboxylic acids is 1. The van der Waals surface area contributed by atoms with Crippen molar-refractivity contribution in [3.05, 3.63) is 23.0 Å². The van der Waals surface area contributed by atoms with Gasteiger partial charge < -0.3 is 19.3 Å². The SMILES string of the molecule is C#CC1CCCN1C(=O)c1cc(C(=O)O)c2n1CCOC2. The van der Waals surface area contributed by atoms with E-state index in [1.807, 2.05) is 0 Å². The van der Waals surface area contributed by atoms with Gasteiger partial charge in [-0.3, -0.25) is 4.79 Å². The molecule has 1 aromatic rings. The second-order valence-corrected chi connectivity index (χ2v) is 5.22. The van der Waals surface area contributed by atoms with E-state index in [0.717, 1.165) is 12.8 Å². The van der Waals surface area contributed by atoms with Gasteiger partial charge in [0.15, 0.2) is 0 Å². The summed E-state index contributed by atoms with van der Waals surface area (Å²) in [5.74, 6) is 1.40.